The molecule has 0 N–H and O–H groups in total. The van der Waals surface area contributed by atoms with Crippen molar-refractivity contribution in [1.82, 2.24) is 0 Å². The third-order valence-corrected chi connectivity index (χ3v) is 1.64. The molecule has 14 heavy (non-hydrogen) atoms. The van der Waals surface area contributed by atoms with Gasteiger partial charge in [0, 0.05) is 0 Å². The first-order valence-electron chi connectivity index (χ1n) is 3.82. The van der Waals surface area contributed by atoms with Gasteiger partial charge in [0.1, 0.15) is 5.82 Å². The number of halogens is 4. The van der Waals surface area contributed by atoms with Crippen LogP contribution in [0.4, 0.5) is 17.3 Å². The maximum Gasteiger partial charge on any atom is 0.482 e. The molecule has 0 aliphatic heterocycles. The van der Waals surface area contributed by atoms with Crippen molar-refractivity contribution in [3.63, 3.8) is 0 Å². The fraction of sp³-hybridized carbons (Fsp3) is 0.125. The normalized spacial score (nSPS) is 11.1. The largest absolute Gasteiger partial charge is 0.482 e. The van der Waals surface area contributed by atoms with Crippen LogP contribution < -0.4 is 0 Å². The summed E-state index contributed by atoms with van der Waals surface area (Å²) in [7, 11) is 0. The van der Waals surface area contributed by atoms with Crippen LogP contribution in [-0.4, -0.2) is 6.98 Å². The van der Waals surface area contributed by atoms with E-state index >= 15 is 0 Å². The van der Waals surface area contributed by atoms with Crippen molar-refractivity contribution in [2.75, 3.05) is 0 Å². The molecule has 0 aliphatic carbocycles. The van der Waals surface area contributed by atoms with Crippen LogP contribution >= 0.6 is 0 Å². The van der Waals surface area contributed by atoms with Crippen LogP contribution in [0.15, 0.2) is 18.2 Å². The molecule has 0 saturated heterocycles. The van der Waals surface area contributed by atoms with Gasteiger partial charge in [-0.1, -0.05) is 11.9 Å². The Bertz CT molecular complexity index is 380. The van der Waals surface area contributed by atoms with Gasteiger partial charge in [-0.3, -0.25) is 0 Å². The minimum Gasteiger partial charge on any atom is -0.449 e. The Labute approximate surface area is 78.0 Å². The molecule has 1 aromatic rings. The van der Waals surface area contributed by atoms with Crippen LogP contribution in [0.1, 0.15) is 11.1 Å². The molecule has 0 amide bonds. The standard InChI is InChI=1S/C8H5BF4N/c10-8-2-1-6(5-14)7(3-8)4-9(11,12)13/h1-3H,4H2/q-1. The number of hydrogen-bond acceptors (Lipinski definition) is 1. The summed E-state index contributed by atoms with van der Waals surface area (Å²) in [6, 6.07) is 4.34. The van der Waals surface area contributed by atoms with E-state index in [1.807, 2.05) is 0 Å². The number of benzene rings is 1. The van der Waals surface area contributed by atoms with Crippen molar-refractivity contribution in [2.45, 2.75) is 6.32 Å². The topological polar surface area (TPSA) is 23.8 Å². The van der Waals surface area contributed by atoms with Crippen LogP contribution in [0, 0.1) is 17.1 Å². The van der Waals surface area contributed by atoms with Crippen molar-refractivity contribution >= 4 is 6.98 Å². The SMILES string of the molecule is N#Cc1ccc(F)cc1C[B-](F)(F)F. The molecule has 1 aromatic carbocycles. The van der Waals surface area contributed by atoms with Crippen LogP contribution in [-0.2, 0) is 6.32 Å². The van der Waals surface area contributed by atoms with Gasteiger partial charge in [0.05, 0.1) is 11.6 Å². The Morgan fingerprint density at radius 2 is 1.93 bits per heavy atom. The van der Waals surface area contributed by atoms with Gasteiger partial charge in [0.2, 0.25) is 0 Å². The highest BCUT2D eigenvalue weighted by Crippen LogP contribution is 2.19. The molecule has 0 bridgehead atoms. The predicted molar refractivity (Wildman–Crippen MR) is 43.9 cm³/mol. The number of nitrogens with zero attached hydrogens (tertiary/aromatic N) is 1. The average molecular weight is 202 g/mol. The summed E-state index contributed by atoms with van der Waals surface area (Å²) < 4.78 is 48.6. The molecular weight excluding hydrogens is 197 g/mol. The van der Waals surface area contributed by atoms with Gasteiger partial charge in [-0.15, -0.1) is 0 Å². The molecule has 0 aliphatic rings. The summed E-state index contributed by atoms with van der Waals surface area (Å²) in [5, 5.41) is 8.47. The second kappa shape index (κ2) is 3.70. The van der Waals surface area contributed by atoms with Crippen LogP contribution in [0.5, 0.6) is 0 Å². The van der Waals surface area contributed by atoms with Crippen LogP contribution in [0.25, 0.3) is 0 Å². The quantitative estimate of drug-likeness (QED) is 0.534. The molecule has 0 radical (unpaired) electrons. The zero-order chi connectivity index (χ0) is 10.8. The molecule has 6 heteroatoms. The molecule has 0 spiro atoms. The van der Waals surface area contributed by atoms with E-state index in [-0.39, 0.29) is 11.1 Å². The van der Waals surface area contributed by atoms with Gasteiger partial charge in [-0.25, -0.2) is 4.39 Å². The van der Waals surface area contributed by atoms with Gasteiger partial charge in [0.15, 0.2) is 0 Å². The average Bonchev–Trinajstić information content (AvgIpc) is 2.01. The van der Waals surface area contributed by atoms with Crippen molar-refractivity contribution in [3.05, 3.63) is 35.1 Å². The minimum absolute atomic E-state index is 0.134. The predicted octanol–water partition coefficient (Wildman–Crippen LogP) is 2.63. The van der Waals surface area contributed by atoms with Crippen molar-refractivity contribution in [2.24, 2.45) is 0 Å². The highest BCUT2D eigenvalue weighted by molar-refractivity contribution is 6.57. The highest BCUT2D eigenvalue weighted by Gasteiger charge is 2.24. The lowest BCUT2D eigenvalue weighted by Crippen LogP contribution is -2.20. The van der Waals surface area contributed by atoms with Crippen LogP contribution in [0.2, 0.25) is 0 Å². The van der Waals surface area contributed by atoms with E-state index in [9.17, 15) is 17.3 Å². The zero-order valence-corrected chi connectivity index (χ0v) is 6.98. The second-order valence-electron chi connectivity index (χ2n) is 2.83. The minimum atomic E-state index is -5.04. The van der Waals surface area contributed by atoms with Crippen molar-refractivity contribution in [3.8, 4) is 6.07 Å². The molecule has 0 saturated carbocycles. The lowest BCUT2D eigenvalue weighted by molar-refractivity contribution is 0.468. The van der Waals surface area contributed by atoms with E-state index < -0.39 is 19.1 Å². The van der Waals surface area contributed by atoms with Gasteiger partial charge in [-0.2, -0.15) is 5.26 Å². The number of hydrogen-bond donors (Lipinski definition) is 0. The monoisotopic (exact) mass is 202 g/mol. The van der Waals surface area contributed by atoms with Crippen molar-refractivity contribution in [1.29, 1.82) is 5.26 Å². The van der Waals surface area contributed by atoms with Gasteiger partial charge in [0.25, 0.3) is 0 Å². The first-order valence-corrected chi connectivity index (χ1v) is 3.82. The van der Waals surface area contributed by atoms with E-state index in [1.54, 1.807) is 6.07 Å². The fourth-order valence-corrected chi connectivity index (χ4v) is 1.09. The van der Waals surface area contributed by atoms with E-state index in [0.717, 1.165) is 18.2 Å². The zero-order valence-electron chi connectivity index (χ0n) is 6.98. The molecule has 1 rings (SSSR count). The van der Waals surface area contributed by atoms with Gasteiger partial charge >= 0.3 is 6.98 Å². The van der Waals surface area contributed by atoms with Crippen LogP contribution in [0.3, 0.4) is 0 Å². The number of rotatable bonds is 2. The Hall–Kier alpha value is -1.51. The van der Waals surface area contributed by atoms with E-state index in [1.165, 1.54) is 0 Å². The summed E-state index contributed by atoms with van der Waals surface area (Å²) in [4.78, 5) is 0. The van der Waals surface area contributed by atoms with E-state index in [4.69, 9.17) is 5.26 Å². The fourth-order valence-electron chi connectivity index (χ4n) is 1.09. The number of nitriles is 1. The summed E-state index contributed by atoms with van der Waals surface area (Å²) in [6.45, 7) is -5.04. The lowest BCUT2D eigenvalue weighted by atomic mass is 9.80. The summed E-state index contributed by atoms with van der Waals surface area (Å²) >= 11 is 0. The van der Waals surface area contributed by atoms with Crippen molar-refractivity contribution < 1.29 is 17.3 Å². The highest BCUT2D eigenvalue weighted by atomic mass is 19.4. The third-order valence-electron chi connectivity index (χ3n) is 1.64. The Balaban J connectivity index is 3.07. The summed E-state index contributed by atoms with van der Waals surface area (Å²) in [5.41, 5.74) is -0.439. The lowest BCUT2D eigenvalue weighted by Gasteiger charge is -2.14. The first kappa shape index (κ1) is 10.6. The summed E-state index contributed by atoms with van der Waals surface area (Å²) in [6.07, 6.45) is -1.22. The van der Waals surface area contributed by atoms with Gasteiger partial charge in [-0.05, 0) is 18.2 Å². The molecule has 0 fully saturated rings. The third kappa shape index (κ3) is 2.77. The molecular formula is C8H5BF4N-. The Morgan fingerprint density at radius 3 is 2.43 bits per heavy atom. The smallest absolute Gasteiger partial charge is 0.449 e. The Kier molecular flexibility index (Phi) is 2.80. The second-order valence-corrected chi connectivity index (χ2v) is 2.83. The molecule has 0 atom stereocenters. The van der Waals surface area contributed by atoms with E-state index in [0.29, 0.717) is 0 Å². The molecule has 0 unspecified atom stereocenters. The molecule has 0 aromatic heterocycles. The van der Waals surface area contributed by atoms with Gasteiger partial charge < -0.3 is 12.9 Å². The maximum atomic E-state index is 12.6. The van der Waals surface area contributed by atoms with E-state index in [2.05, 4.69) is 0 Å². The maximum absolute atomic E-state index is 12.6. The molecule has 1 nitrogen and oxygen atoms in total. The first-order chi connectivity index (χ1) is 6.42. The molecule has 74 valence electrons. The summed E-state index contributed by atoms with van der Waals surface area (Å²) in [5.74, 6) is -0.765. The Morgan fingerprint density at radius 1 is 1.29 bits per heavy atom. The molecule has 0 heterocycles.